The Balaban J connectivity index is 1.63. The second kappa shape index (κ2) is 5.81. The number of para-hydroxylation sites is 2. The van der Waals surface area contributed by atoms with Gasteiger partial charge in [0.2, 0.25) is 5.91 Å². The number of amides is 1. The molecule has 0 aliphatic heterocycles. The Kier molecular flexibility index (Phi) is 3.50. The van der Waals surface area contributed by atoms with Crippen LogP contribution in [0.5, 0.6) is 0 Å². The summed E-state index contributed by atoms with van der Waals surface area (Å²) in [6.07, 6.45) is 0.302. The van der Waals surface area contributed by atoms with Crippen LogP contribution < -0.4 is 4.90 Å². The summed E-state index contributed by atoms with van der Waals surface area (Å²) >= 11 is 0. The van der Waals surface area contributed by atoms with E-state index < -0.39 is 0 Å². The summed E-state index contributed by atoms with van der Waals surface area (Å²) in [5.41, 5.74) is 2.43. The fourth-order valence-corrected chi connectivity index (χ4v) is 2.84. The first kappa shape index (κ1) is 14.5. The highest BCUT2D eigenvalue weighted by atomic mass is 16.4. The minimum absolute atomic E-state index is 0.0575. The summed E-state index contributed by atoms with van der Waals surface area (Å²) in [5, 5.41) is 2.23. The van der Waals surface area contributed by atoms with Crippen LogP contribution in [-0.4, -0.2) is 17.9 Å². The molecule has 0 N–H and O–H groups in total. The van der Waals surface area contributed by atoms with Crippen LogP contribution in [0.3, 0.4) is 0 Å². The molecule has 3 aromatic carbocycles. The van der Waals surface area contributed by atoms with Gasteiger partial charge in [-0.05, 0) is 28.5 Å². The third-order valence-corrected chi connectivity index (χ3v) is 4.17. The zero-order valence-electron chi connectivity index (χ0n) is 13.3. The van der Waals surface area contributed by atoms with Crippen molar-refractivity contribution in [2.45, 2.75) is 6.42 Å². The van der Waals surface area contributed by atoms with Crippen LogP contribution in [0.4, 0.5) is 6.01 Å². The molecule has 4 heteroatoms. The molecular weight excluding hydrogens is 300 g/mol. The Morgan fingerprint density at radius 3 is 2.62 bits per heavy atom. The van der Waals surface area contributed by atoms with E-state index in [2.05, 4.69) is 4.98 Å². The molecule has 1 amide bonds. The fourth-order valence-electron chi connectivity index (χ4n) is 2.84. The molecule has 0 atom stereocenters. The van der Waals surface area contributed by atoms with Gasteiger partial charge in [-0.2, -0.15) is 4.98 Å². The average Bonchev–Trinajstić information content (AvgIpc) is 3.05. The van der Waals surface area contributed by atoms with Crippen molar-refractivity contribution in [3.8, 4) is 0 Å². The first-order valence-electron chi connectivity index (χ1n) is 7.81. The molecule has 4 nitrogen and oxygen atoms in total. The molecule has 0 unspecified atom stereocenters. The van der Waals surface area contributed by atoms with E-state index in [0.29, 0.717) is 18.0 Å². The van der Waals surface area contributed by atoms with E-state index in [0.717, 1.165) is 21.9 Å². The van der Waals surface area contributed by atoms with Crippen LogP contribution in [0.25, 0.3) is 21.9 Å². The van der Waals surface area contributed by atoms with Crippen molar-refractivity contribution >= 4 is 33.8 Å². The fraction of sp³-hybridized carbons (Fsp3) is 0.100. The Hall–Kier alpha value is -3.14. The molecule has 0 radical (unpaired) electrons. The number of likely N-dealkylation sites (N-methyl/N-ethyl adjacent to an activating group) is 1. The lowest BCUT2D eigenvalue weighted by Gasteiger charge is -2.13. The van der Waals surface area contributed by atoms with Gasteiger partial charge in [0.25, 0.3) is 0 Å². The molecule has 4 aromatic rings. The highest BCUT2D eigenvalue weighted by molar-refractivity contribution is 5.96. The number of oxazole rings is 1. The third kappa shape index (κ3) is 2.52. The Bertz CT molecular complexity index is 998. The van der Waals surface area contributed by atoms with Gasteiger partial charge in [0, 0.05) is 7.05 Å². The van der Waals surface area contributed by atoms with Crippen molar-refractivity contribution in [3.63, 3.8) is 0 Å². The Morgan fingerprint density at radius 2 is 1.75 bits per heavy atom. The number of rotatable bonds is 3. The molecular formula is C20H16N2O2. The maximum absolute atomic E-state index is 12.7. The molecule has 0 saturated carbocycles. The third-order valence-electron chi connectivity index (χ3n) is 4.17. The molecule has 0 fully saturated rings. The van der Waals surface area contributed by atoms with Gasteiger partial charge in [-0.25, -0.2) is 0 Å². The summed E-state index contributed by atoms with van der Waals surface area (Å²) < 4.78 is 5.67. The standard InChI is InChI=1S/C20H16N2O2/c1-22(20-21-17-11-4-5-12-18(17)24-20)19(23)13-15-9-6-8-14-7-2-3-10-16(14)15/h2-12H,13H2,1H3. The summed E-state index contributed by atoms with van der Waals surface area (Å²) in [4.78, 5) is 18.5. The molecule has 1 aromatic heterocycles. The maximum Gasteiger partial charge on any atom is 0.304 e. The summed E-state index contributed by atoms with van der Waals surface area (Å²) in [7, 11) is 1.69. The molecule has 1 heterocycles. The normalized spacial score (nSPS) is 11.0. The molecule has 118 valence electrons. The van der Waals surface area contributed by atoms with Crippen molar-refractivity contribution in [2.75, 3.05) is 11.9 Å². The topological polar surface area (TPSA) is 46.3 Å². The van der Waals surface area contributed by atoms with E-state index in [4.69, 9.17) is 4.42 Å². The quantitative estimate of drug-likeness (QED) is 0.569. The van der Waals surface area contributed by atoms with E-state index in [9.17, 15) is 4.79 Å². The highest BCUT2D eigenvalue weighted by Gasteiger charge is 2.18. The number of aromatic nitrogens is 1. The zero-order valence-corrected chi connectivity index (χ0v) is 13.3. The second-order valence-electron chi connectivity index (χ2n) is 5.73. The van der Waals surface area contributed by atoms with Gasteiger partial charge in [0.05, 0.1) is 6.42 Å². The molecule has 0 bridgehead atoms. The minimum atomic E-state index is -0.0575. The van der Waals surface area contributed by atoms with Gasteiger partial charge in [0.1, 0.15) is 5.52 Å². The monoisotopic (exact) mass is 316 g/mol. The second-order valence-corrected chi connectivity index (χ2v) is 5.73. The van der Waals surface area contributed by atoms with Crippen LogP contribution in [0.2, 0.25) is 0 Å². The molecule has 0 saturated heterocycles. The first-order chi connectivity index (χ1) is 11.7. The number of anilines is 1. The van der Waals surface area contributed by atoms with E-state index in [1.54, 1.807) is 7.05 Å². The van der Waals surface area contributed by atoms with Gasteiger partial charge in [-0.3, -0.25) is 9.69 Å². The van der Waals surface area contributed by atoms with Crippen molar-refractivity contribution in [2.24, 2.45) is 0 Å². The lowest BCUT2D eigenvalue weighted by Crippen LogP contribution is -2.28. The number of benzene rings is 3. The Labute approximate surface area is 139 Å². The highest BCUT2D eigenvalue weighted by Crippen LogP contribution is 2.23. The van der Waals surface area contributed by atoms with Crippen LogP contribution >= 0.6 is 0 Å². The van der Waals surface area contributed by atoms with Crippen LogP contribution in [0, 0.1) is 0 Å². The molecule has 0 aliphatic rings. The van der Waals surface area contributed by atoms with Crippen molar-refractivity contribution in [3.05, 3.63) is 72.3 Å². The smallest absolute Gasteiger partial charge is 0.304 e. The van der Waals surface area contributed by atoms with Crippen LogP contribution in [0.1, 0.15) is 5.56 Å². The number of hydrogen-bond donors (Lipinski definition) is 0. The van der Waals surface area contributed by atoms with E-state index in [1.165, 1.54) is 4.90 Å². The molecule has 0 spiro atoms. The number of hydrogen-bond acceptors (Lipinski definition) is 3. The summed E-state index contributed by atoms with van der Waals surface area (Å²) in [6, 6.07) is 21.9. The SMILES string of the molecule is CN(C(=O)Cc1cccc2ccccc12)c1nc2ccccc2o1. The maximum atomic E-state index is 12.7. The van der Waals surface area contributed by atoms with E-state index in [-0.39, 0.29) is 5.91 Å². The zero-order chi connectivity index (χ0) is 16.5. The molecule has 0 aliphatic carbocycles. The van der Waals surface area contributed by atoms with Crippen LogP contribution in [-0.2, 0) is 11.2 Å². The van der Waals surface area contributed by atoms with Gasteiger partial charge >= 0.3 is 6.01 Å². The van der Waals surface area contributed by atoms with Crippen molar-refractivity contribution in [1.29, 1.82) is 0 Å². The first-order valence-corrected chi connectivity index (χ1v) is 7.81. The van der Waals surface area contributed by atoms with Crippen molar-refractivity contribution < 1.29 is 9.21 Å². The predicted molar refractivity (Wildman–Crippen MR) is 95.1 cm³/mol. The van der Waals surface area contributed by atoms with E-state index >= 15 is 0 Å². The number of carbonyl (C=O) groups is 1. The van der Waals surface area contributed by atoms with Gasteiger partial charge in [-0.15, -0.1) is 0 Å². The lowest BCUT2D eigenvalue weighted by atomic mass is 10.0. The number of carbonyl (C=O) groups excluding carboxylic acids is 1. The van der Waals surface area contributed by atoms with Gasteiger partial charge in [0.15, 0.2) is 5.58 Å². The number of nitrogens with zero attached hydrogens (tertiary/aromatic N) is 2. The van der Waals surface area contributed by atoms with Gasteiger partial charge in [-0.1, -0.05) is 54.6 Å². The van der Waals surface area contributed by atoms with Crippen LogP contribution in [0.15, 0.2) is 71.1 Å². The van der Waals surface area contributed by atoms with Gasteiger partial charge < -0.3 is 4.42 Å². The summed E-state index contributed by atoms with van der Waals surface area (Å²) in [5.74, 6) is -0.0575. The average molecular weight is 316 g/mol. The minimum Gasteiger partial charge on any atom is -0.423 e. The number of fused-ring (bicyclic) bond motifs is 2. The molecule has 24 heavy (non-hydrogen) atoms. The lowest BCUT2D eigenvalue weighted by molar-refractivity contribution is -0.117. The molecule has 4 rings (SSSR count). The largest absolute Gasteiger partial charge is 0.423 e. The summed E-state index contributed by atoms with van der Waals surface area (Å²) in [6.45, 7) is 0. The predicted octanol–water partition coefficient (Wildman–Crippen LogP) is 4.19. The van der Waals surface area contributed by atoms with Crippen molar-refractivity contribution in [1.82, 2.24) is 4.98 Å². The Morgan fingerprint density at radius 1 is 1.00 bits per heavy atom. The van der Waals surface area contributed by atoms with E-state index in [1.807, 2.05) is 66.7 Å².